The van der Waals surface area contributed by atoms with Gasteiger partial charge in [-0.2, -0.15) is 0 Å². The molecule has 3 fully saturated rings. The molecular formula is C34H66B2N4O11. The highest BCUT2D eigenvalue weighted by molar-refractivity contribution is 6.45. The highest BCUT2D eigenvalue weighted by Gasteiger charge is 2.61. The molecule has 0 aliphatic carbocycles. The minimum atomic E-state index is -1.51. The van der Waals surface area contributed by atoms with Crippen molar-refractivity contribution in [2.24, 2.45) is 22.0 Å². The monoisotopic (exact) mass is 728 g/mol. The Morgan fingerprint density at radius 1 is 0.902 bits per heavy atom. The Morgan fingerprint density at radius 2 is 1.43 bits per heavy atom. The number of carbonyl (C=O) groups excluding carboxylic acids is 2. The molecule has 2 amide bonds. The summed E-state index contributed by atoms with van der Waals surface area (Å²) in [6.07, 6.45) is 2.25. The molecule has 0 aromatic heterocycles. The Balaban J connectivity index is 0.000000444. The van der Waals surface area contributed by atoms with Crippen LogP contribution in [0.1, 0.15) is 102 Å². The van der Waals surface area contributed by atoms with Crippen LogP contribution in [0.5, 0.6) is 0 Å². The van der Waals surface area contributed by atoms with Gasteiger partial charge in [-0.25, -0.2) is 4.79 Å². The van der Waals surface area contributed by atoms with E-state index in [-0.39, 0.29) is 52.2 Å². The minimum Gasteiger partial charge on any atom is -0.480 e. The number of hydrogen-bond acceptors (Lipinski definition) is 12. The summed E-state index contributed by atoms with van der Waals surface area (Å²) >= 11 is 0. The maximum absolute atomic E-state index is 13.5. The van der Waals surface area contributed by atoms with Crippen molar-refractivity contribution < 1.29 is 53.8 Å². The molecule has 15 nitrogen and oxygen atoms in total. The van der Waals surface area contributed by atoms with Crippen molar-refractivity contribution in [1.82, 2.24) is 15.5 Å². The number of hydrogen-bond donors (Lipinski definition) is 8. The van der Waals surface area contributed by atoms with Gasteiger partial charge in [0.05, 0.1) is 29.8 Å². The summed E-state index contributed by atoms with van der Waals surface area (Å²) in [5.74, 6) is -1.32. The highest BCUT2D eigenvalue weighted by Crippen LogP contribution is 2.51. The lowest BCUT2D eigenvalue weighted by atomic mass is 9.63. The van der Waals surface area contributed by atoms with Gasteiger partial charge in [-0.05, 0) is 102 Å². The molecule has 0 spiro atoms. The van der Waals surface area contributed by atoms with Gasteiger partial charge in [-0.3, -0.25) is 9.59 Å². The van der Waals surface area contributed by atoms with Crippen LogP contribution in [0.4, 0.5) is 4.79 Å². The highest BCUT2D eigenvalue weighted by atomic mass is 16.7. The third kappa shape index (κ3) is 10.4. The molecule has 51 heavy (non-hydrogen) atoms. The van der Waals surface area contributed by atoms with E-state index in [1.54, 1.807) is 4.90 Å². The molecule has 3 rings (SSSR count). The number of rotatable bonds is 12. The molecule has 0 saturated carbocycles. The number of carboxylic acid groups (broad SMARTS) is 1. The predicted octanol–water partition coefficient (Wildman–Crippen LogP) is 1.61. The molecule has 294 valence electrons. The second-order valence-corrected chi connectivity index (χ2v) is 18.1. The number of nitrogens with zero attached hydrogens (tertiary/aromatic N) is 1. The van der Waals surface area contributed by atoms with Gasteiger partial charge in [-0.15, -0.1) is 0 Å². The van der Waals surface area contributed by atoms with E-state index in [9.17, 15) is 29.7 Å². The molecule has 0 aromatic carbocycles. The molecule has 0 bridgehead atoms. The van der Waals surface area contributed by atoms with Gasteiger partial charge >= 0.3 is 26.3 Å². The lowest BCUT2D eigenvalue weighted by Gasteiger charge is -2.41. The molecule has 3 aliphatic heterocycles. The lowest BCUT2D eigenvalue weighted by Crippen LogP contribution is -2.62. The van der Waals surface area contributed by atoms with Crippen LogP contribution in [-0.2, 0) is 23.6 Å². The predicted molar refractivity (Wildman–Crippen MR) is 195 cm³/mol. The van der Waals surface area contributed by atoms with E-state index in [1.807, 2.05) is 76.2 Å². The third-order valence-electron chi connectivity index (χ3n) is 11.1. The van der Waals surface area contributed by atoms with Crippen LogP contribution in [-0.4, -0.2) is 130 Å². The fraction of sp³-hybridized carbons (Fsp3) is 0.912. The molecule has 3 aliphatic rings. The number of aliphatic hydroxyl groups is 2. The van der Waals surface area contributed by atoms with Gasteiger partial charge in [0.2, 0.25) is 5.91 Å². The molecule has 4 atom stereocenters. The van der Waals surface area contributed by atoms with Gasteiger partial charge < -0.3 is 60.7 Å². The first-order valence-electron chi connectivity index (χ1n) is 18.0. The number of likely N-dealkylation sites (tertiary alicyclic amines) is 1. The average molecular weight is 729 g/mol. The number of aliphatic carboxylic acids is 1. The third-order valence-corrected chi connectivity index (χ3v) is 11.1. The Labute approximate surface area is 305 Å². The molecule has 3 heterocycles. The topological polar surface area (TPSA) is 233 Å². The zero-order chi connectivity index (χ0) is 39.5. The summed E-state index contributed by atoms with van der Waals surface area (Å²) in [4.78, 5) is 39.3. The van der Waals surface area contributed by atoms with Crippen LogP contribution in [0, 0.1) is 16.2 Å². The standard InChI is InChI=1S/C25H47BN2O6.C9H19BN2O5/c1-20(2,3)27-18(30)24(11)15-28(19(31)32-21(4,5)6)16-25(24,17-29)13-12-14-26-33-22(7,8)23(9,10)34-26;11-9(7(14)15)5-12-4-8(9,6-13)2-1-3-10(16)17/h29H,12-17H2,1-11H3,(H,27,30);12-13,16-17H,1-6,11H2,(H,14,15). The summed E-state index contributed by atoms with van der Waals surface area (Å²) in [6.45, 7) is 21.4. The van der Waals surface area contributed by atoms with Crippen LogP contribution >= 0.6 is 0 Å². The summed E-state index contributed by atoms with van der Waals surface area (Å²) < 4.78 is 17.9. The van der Waals surface area contributed by atoms with Crippen molar-refractivity contribution in [1.29, 1.82) is 0 Å². The number of amides is 2. The van der Waals surface area contributed by atoms with E-state index in [2.05, 4.69) is 10.6 Å². The fourth-order valence-electron chi connectivity index (χ4n) is 7.10. The van der Waals surface area contributed by atoms with Gasteiger partial charge in [0.1, 0.15) is 11.1 Å². The van der Waals surface area contributed by atoms with Crippen LogP contribution in [0.25, 0.3) is 0 Å². The number of aliphatic hydroxyl groups excluding tert-OH is 2. The summed E-state index contributed by atoms with van der Waals surface area (Å²) in [6, 6.07) is 0. The Morgan fingerprint density at radius 3 is 1.88 bits per heavy atom. The van der Waals surface area contributed by atoms with E-state index < -0.39 is 63.3 Å². The van der Waals surface area contributed by atoms with Gasteiger partial charge in [0.15, 0.2) is 0 Å². The van der Waals surface area contributed by atoms with Crippen molar-refractivity contribution in [3.05, 3.63) is 0 Å². The first kappa shape index (κ1) is 45.2. The first-order chi connectivity index (χ1) is 23.0. The fourth-order valence-corrected chi connectivity index (χ4v) is 7.10. The Hall–Kier alpha value is -1.98. The first-order valence-corrected chi connectivity index (χ1v) is 18.0. The number of nitrogens with two attached hydrogens (primary N) is 1. The molecule has 4 unspecified atom stereocenters. The zero-order valence-electron chi connectivity index (χ0n) is 32.9. The van der Waals surface area contributed by atoms with Crippen molar-refractivity contribution >= 4 is 32.2 Å². The number of ether oxygens (including phenoxy) is 1. The number of carboxylic acids is 1. The lowest BCUT2D eigenvalue weighted by molar-refractivity contribution is -0.148. The largest absolute Gasteiger partial charge is 0.480 e. The summed E-state index contributed by atoms with van der Waals surface area (Å²) in [5.41, 5.74) is -0.310. The quantitative estimate of drug-likeness (QED) is 0.134. The van der Waals surface area contributed by atoms with Crippen LogP contribution in [0.15, 0.2) is 0 Å². The van der Waals surface area contributed by atoms with Crippen molar-refractivity contribution in [2.75, 3.05) is 39.4 Å². The molecular weight excluding hydrogens is 662 g/mol. The van der Waals surface area contributed by atoms with Crippen LogP contribution in [0.3, 0.4) is 0 Å². The van der Waals surface area contributed by atoms with Crippen LogP contribution < -0.4 is 16.4 Å². The molecule has 17 heteroatoms. The Bertz CT molecular complexity index is 1210. The molecule has 9 N–H and O–H groups in total. The molecule has 0 radical (unpaired) electrons. The maximum atomic E-state index is 13.5. The molecule has 0 aromatic rings. The SMILES string of the molecule is CC(C)(C)NC(=O)C1(C)CN(C(=O)OC(C)(C)C)CC1(CO)CCCB1OC(C)(C)C(C)(C)O1.NC1(C(=O)O)CNCC1(CO)CCCB(O)O. The van der Waals surface area contributed by atoms with E-state index in [1.165, 1.54) is 0 Å². The van der Waals surface area contributed by atoms with Crippen molar-refractivity contribution in [3.63, 3.8) is 0 Å². The smallest absolute Gasteiger partial charge is 0.457 e. The minimum absolute atomic E-state index is 0.102. The number of carbonyl (C=O) groups is 3. The van der Waals surface area contributed by atoms with Gasteiger partial charge in [0, 0.05) is 42.5 Å². The van der Waals surface area contributed by atoms with E-state index >= 15 is 0 Å². The van der Waals surface area contributed by atoms with Crippen molar-refractivity contribution in [3.8, 4) is 0 Å². The number of nitrogens with one attached hydrogen (secondary N) is 2. The van der Waals surface area contributed by atoms with E-state index in [0.717, 1.165) is 0 Å². The second-order valence-electron chi connectivity index (χ2n) is 18.1. The zero-order valence-corrected chi connectivity index (χ0v) is 32.9. The molecule has 3 saturated heterocycles. The van der Waals surface area contributed by atoms with E-state index in [4.69, 9.17) is 29.8 Å². The normalized spacial score (nSPS) is 30.1. The van der Waals surface area contributed by atoms with Crippen LogP contribution in [0.2, 0.25) is 12.6 Å². The average Bonchev–Trinajstić information content (AvgIpc) is 3.54. The van der Waals surface area contributed by atoms with Crippen molar-refractivity contribution in [2.45, 2.75) is 142 Å². The maximum Gasteiger partial charge on any atom is 0.457 e. The summed E-state index contributed by atoms with van der Waals surface area (Å²) in [7, 11) is -1.77. The summed E-state index contributed by atoms with van der Waals surface area (Å²) in [5, 5.41) is 52.8. The van der Waals surface area contributed by atoms with Gasteiger partial charge in [0.25, 0.3) is 0 Å². The second kappa shape index (κ2) is 16.2. The Kier molecular flexibility index (Phi) is 14.3. The van der Waals surface area contributed by atoms with E-state index in [0.29, 0.717) is 38.5 Å². The van der Waals surface area contributed by atoms with Gasteiger partial charge in [-0.1, -0.05) is 12.8 Å².